The van der Waals surface area contributed by atoms with Crippen LogP contribution in [0.25, 0.3) is 0 Å². The van der Waals surface area contributed by atoms with Crippen LogP contribution >= 0.6 is 0 Å². The van der Waals surface area contributed by atoms with Crippen molar-refractivity contribution in [3.8, 4) is 0 Å². The minimum absolute atomic E-state index is 0.375. The zero-order chi connectivity index (χ0) is 9.97. The van der Waals surface area contributed by atoms with Crippen molar-refractivity contribution in [2.75, 3.05) is 19.6 Å². The molecule has 0 spiro atoms. The Kier molecular flexibility index (Phi) is 3.22. The van der Waals surface area contributed by atoms with Crippen LogP contribution in [-0.2, 0) is 4.79 Å². The normalized spacial score (nSPS) is 35.1. The maximum Gasteiger partial charge on any atom is 0.137 e. The van der Waals surface area contributed by atoms with Gasteiger partial charge < -0.3 is 4.90 Å². The molecule has 0 N–H and O–H groups in total. The standard InChI is InChI=1S/C12H21NO/c1-10-4-3-7-13(8-10)9-11-5-2-6-12(11)14/h10-11H,2-9H2,1H3. The van der Waals surface area contributed by atoms with Gasteiger partial charge in [0.2, 0.25) is 0 Å². The summed E-state index contributed by atoms with van der Waals surface area (Å²) in [5.74, 6) is 1.73. The second-order valence-electron chi connectivity index (χ2n) is 5.06. The molecule has 0 bridgehead atoms. The molecule has 0 aromatic heterocycles. The molecule has 1 aliphatic heterocycles. The summed E-state index contributed by atoms with van der Waals surface area (Å²) in [6.45, 7) is 5.80. The number of Topliss-reactive ketones (excluding diaryl/α,β-unsaturated/α-hetero) is 1. The lowest BCUT2D eigenvalue weighted by molar-refractivity contribution is -0.121. The Bertz CT molecular complexity index is 214. The van der Waals surface area contributed by atoms with Crippen molar-refractivity contribution < 1.29 is 4.79 Å². The van der Waals surface area contributed by atoms with Gasteiger partial charge >= 0.3 is 0 Å². The molecule has 1 heterocycles. The smallest absolute Gasteiger partial charge is 0.137 e. The summed E-state index contributed by atoms with van der Waals surface area (Å²) in [7, 11) is 0. The van der Waals surface area contributed by atoms with Gasteiger partial charge in [0.1, 0.15) is 5.78 Å². The number of nitrogens with zero attached hydrogens (tertiary/aromatic N) is 1. The minimum Gasteiger partial charge on any atom is -0.302 e. The Morgan fingerprint density at radius 2 is 2.21 bits per heavy atom. The van der Waals surface area contributed by atoms with E-state index in [0.29, 0.717) is 11.7 Å². The Hall–Kier alpha value is -0.370. The van der Waals surface area contributed by atoms with Crippen LogP contribution in [0.5, 0.6) is 0 Å². The van der Waals surface area contributed by atoms with Crippen LogP contribution in [0.1, 0.15) is 39.0 Å². The molecule has 1 saturated heterocycles. The van der Waals surface area contributed by atoms with Crippen LogP contribution < -0.4 is 0 Å². The third-order valence-corrected chi connectivity index (χ3v) is 3.65. The number of likely N-dealkylation sites (tertiary alicyclic amines) is 1. The molecule has 0 aromatic rings. The molecule has 2 heteroatoms. The van der Waals surface area contributed by atoms with Gasteiger partial charge in [0.15, 0.2) is 0 Å². The maximum atomic E-state index is 11.5. The molecule has 14 heavy (non-hydrogen) atoms. The van der Waals surface area contributed by atoms with Crippen molar-refractivity contribution in [1.29, 1.82) is 0 Å². The van der Waals surface area contributed by atoms with Gasteiger partial charge in [0, 0.05) is 25.4 Å². The molecule has 0 radical (unpaired) electrons. The van der Waals surface area contributed by atoms with Gasteiger partial charge in [0.05, 0.1) is 0 Å². The molecule has 2 nitrogen and oxygen atoms in total. The molecule has 2 atom stereocenters. The van der Waals surface area contributed by atoms with E-state index in [9.17, 15) is 4.79 Å². The van der Waals surface area contributed by atoms with E-state index < -0.39 is 0 Å². The first kappa shape index (κ1) is 10.2. The van der Waals surface area contributed by atoms with Crippen LogP contribution in [0.3, 0.4) is 0 Å². The van der Waals surface area contributed by atoms with E-state index in [-0.39, 0.29) is 0 Å². The van der Waals surface area contributed by atoms with Gasteiger partial charge in [-0.25, -0.2) is 0 Å². The second-order valence-corrected chi connectivity index (χ2v) is 5.06. The van der Waals surface area contributed by atoms with E-state index >= 15 is 0 Å². The van der Waals surface area contributed by atoms with Crippen LogP contribution in [0.2, 0.25) is 0 Å². The van der Waals surface area contributed by atoms with E-state index in [1.165, 1.54) is 25.9 Å². The number of carbonyl (C=O) groups is 1. The van der Waals surface area contributed by atoms with Crippen molar-refractivity contribution in [3.63, 3.8) is 0 Å². The third kappa shape index (κ3) is 2.35. The highest BCUT2D eigenvalue weighted by molar-refractivity contribution is 5.83. The van der Waals surface area contributed by atoms with Gasteiger partial charge in [-0.15, -0.1) is 0 Å². The van der Waals surface area contributed by atoms with Gasteiger partial charge in [0.25, 0.3) is 0 Å². The third-order valence-electron chi connectivity index (χ3n) is 3.65. The monoisotopic (exact) mass is 195 g/mol. The first-order valence-corrected chi connectivity index (χ1v) is 6.01. The topological polar surface area (TPSA) is 20.3 Å². The number of piperidine rings is 1. The summed E-state index contributed by atoms with van der Waals surface area (Å²) in [5.41, 5.74) is 0. The predicted octanol–water partition coefficient (Wildman–Crippen LogP) is 2.09. The highest BCUT2D eigenvalue weighted by Crippen LogP contribution is 2.24. The summed E-state index contributed by atoms with van der Waals surface area (Å²) >= 11 is 0. The number of carbonyl (C=O) groups excluding carboxylic acids is 1. The van der Waals surface area contributed by atoms with Crippen molar-refractivity contribution in [3.05, 3.63) is 0 Å². The number of rotatable bonds is 2. The molecule has 2 aliphatic rings. The first-order chi connectivity index (χ1) is 6.75. The van der Waals surface area contributed by atoms with E-state index in [1.54, 1.807) is 0 Å². The highest BCUT2D eigenvalue weighted by Gasteiger charge is 2.27. The molecule has 2 fully saturated rings. The SMILES string of the molecule is CC1CCCN(CC2CCCC2=O)C1. The summed E-state index contributed by atoms with van der Waals surface area (Å²) in [4.78, 5) is 14.0. The van der Waals surface area contributed by atoms with Gasteiger partial charge in [-0.3, -0.25) is 4.79 Å². The number of hydrogen-bond donors (Lipinski definition) is 0. The number of ketones is 1. The largest absolute Gasteiger partial charge is 0.302 e. The lowest BCUT2D eigenvalue weighted by atomic mass is 9.98. The molecular formula is C12H21NO. The zero-order valence-corrected chi connectivity index (χ0v) is 9.17. The maximum absolute atomic E-state index is 11.5. The summed E-state index contributed by atoms with van der Waals surface area (Å²) < 4.78 is 0. The fourth-order valence-corrected chi connectivity index (χ4v) is 2.85. The molecule has 1 saturated carbocycles. The van der Waals surface area contributed by atoms with Crippen molar-refractivity contribution >= 4 is 5.78 Å². The van der Waals surface area contributed by atoms with Crippen LogP contribution in [0.4, 0.5) is 0 Å². The van der Waals surface area contributed by atoms with Crippen molar-refractivity contribution in [2.45, 2.75) is 39.0 Å². The molecular weight excluding hydrogens is 174 g/mol. The molecule has 1 aliphatic carbocycles. The molecule has 2 unspecified atom stereocenters. The molecule has 0 amide bonds. The molecule has 2 rings (SSSR count). The van der Waals surface area contributed by atoms with E-state index in [2.05, 4.69) is 11.8 Å². The Morgan fingerprint density at radius 1 is 1.36 bits per heavy atom. The van der Waals surface area contributed by atoms with Crippen LogP contribution in [0, 0.1) is 11.8 Å². The average Bonchev–Trinajstić information content (AvgIpc) is 2.52. The predicted molar refractivity (Wildman–Crippen MR) is 57.2 cm³/mol. The van der Waals surface area contributed by atoms with Crippen molar-refractivity contribution in [2.24, 2.45) is 11.8 Å². The number of hydrogen-bond acceptors (Lipinski definition) is 2. The van der Waals surface area contributed by atoms with Crippen LogP contribution in [0.15, 0.2) is 0 Å². The van der Waals surface area contributed by atoms with Crippen LogP contribution in [-0.4, -0.2) is 30.3 Å². The Balaban J connectivity index is 1.81. The van der Waals surface area contributed by atoms with Gasteiger partial charge in [-0.2, -0.15) is 0 Å². The summed E-state index contributed by atoms with van der Waals surface area (Å²) in [5, 5.41) is 0. The fraction of sp³-hybridized carbons (Fsp3) is 0.917. The lowest BCUT2D eigenvalue weighted by Crippen LogP contribution is -2.38. The fourth-order valence-electron chi connectivity index (χ4n) is 2.85. The molecule has 0 aromatic carbocycles. The minimum atomic E-state index is 0.375. The second kappa shape index (κ2) is 4.43. The Labute approximate surface area is 86.7 Å². The summed E-state index contributed by atoms with van der Waals surface area (Å²) in [6.07, 6.45) is 5.81. The van der Waals surface area contributed by atoms with E-state index in [4.69, 9.17) is 0 Å². The summed E-state index contributed by atoms with van der Waals surface area (Å²) in [6, 6.07) is 0. The molecule has 80 valence electrons. The lowest BCUT2D eigenvalue weighted by Gasteiger charge is -2.32. The van der Waals surface area contributed by atoms with E-state index in [1.807, 2.05) is 0 Å². The Morgan fingerprint density at radius 3 is 2.86 bits per heavy atom. The van der Waals surface area contributed by atoms with Gasteiger partial charge in [-0.1, -0.05) is 6.92 Å². The van der Waals surface area contributed by atoms with Gasteiger partial charge in [-0.05, 0) is 38.1 Å². The highest BCUT2D eigenvalue weighted by atomic mass is 16.1. The van der Waals surface area contributed by atoms with Crippen molar-refractivity contribution in [1.82, 2.24) is 4.90 Å². The average molecular weight is 195 g/mol. The quantitative estimate of drug-likeness (QED) is 0.672. The van der Waals surface area contributed by atoms with E-state index in [0.717, 1.165) is 31.7 Å². The zero-order valence-electron chi connectivity index (χ0n) is 9.17. The first-order valence-electron chi connectivity index (χ1n) is 6.01.